The van der Waals surface area contributed by atoms with E-state index in [1.54, 1.807) is 20.8 Å². The highest BCUT2D eigenvalue weighted by Crippen LogP contribution is 2.24. The van der Waals surface area contributed by atoms with E-state index in [1.165, 1.54) is 7.11 Å². The molecule has 0 radical (unpaired) electrons. The van der Waals surface area contributed by atoms with E-state index < -0.39 is 23.7 Å². The number of carbonyl (C=O) groups excluding carboxylic acids is 2. The Hall–Kier alpha value is -2.93. The number of hydrogen-bond donors (Lipinski definition) is 1. The number of unbranched alkanes of at least 4 members (excludes halogenated alkanes) is 1. The van der Waals surface area contributed by atoms with Crippen LogP contribution in [-0.2, 0) is 20.7 Å². The largest absolute Gasteiger partial charge is 0.494 e. The zero-order valence-electron chi connectivity index (χ0n) is 18.7. The van der Waals surface area contributed by atoms with Gasteiger partial charge in [-0.2, -0.15) is 0 Å². The van der Waals surface area contributed by atoms with Gasteiger partial charge in [0.2, 0.25) is 0 Å². The maximum atomic E-state index is 12.2. The van der Waals surface area contributed by atoms with Crippen molar-refractivity contribution in [1.29, 1.82) is 0 Å². The maximum absolute atomic E-state index is 12.2. The summed E-state index contributed by atoms with van der Waals surface area (Å²) in [5.74, 6) is 0.187. The van der Waals surface area contributed by atoms with E-state index in [1.807, 2.05) is 26.0 Å². The molecule has 0 fully saturated rings. The average Bonchev–Trinajstić information content (AvgIpc) is 2.64. The van der Waals surface area contributed by atoms with Crippen LogP contribution in [0.25, 0.3) is 10.4 Å². The number of azide groups is 1. The minimum Gasteiger partial charge on any atom is -0.494 e. The standard InChI is InChI=1S/C21H32N4O5/c1-14-11-16(29-10-8-7-9-23-25-22)12-15(2)17(14)13-18(19(26)28-6)24-20(27)30-21(3,4)5/h11-12,18H,7-10,13H2,1-6H3,(H,24,27)/t18-/m0/s1. The third-order valence-electron chi connectivity index (χ3n) is 4.24. The lowest BCUT2D eigenvalue weighted by atomic mass is 9.96. The van der Waals surface area contributed by atoms with E-state index in [9.17, 15) is 9.59 Å². The normalized spacial score (nSPS) is 11.8. The first-order chi connectivity index (χ1) is 14.1. The molecule has 0 saturated heterocycles. The third-order valence-corrected chi connectivity index (χ3v) is 4.24. The van der Waals surface area contributed by atoms with Crippen LogP contribution in [0.4, 0.5) is 4.79 Å². The summed E-state index contributed by atoms with van der Waals surface area (Å²) in [7, 11) is 1.28. The van der Waals surface area contributed by atoms with Crippen molar-refractivity contribution in [2.24, 2.45) is 5.11 Å². The molecule has 9 nitrogen and oxygen atoms in total. The number of nitrogens with one attached hydrogen (secondary N) is 1. The second kappa shape index (κ2) is 11.9. The van der Waals surface area contributed by atoms with Gasteiger partial charge >= 0.3 is 12.1 Å². The summed E-state index contributed by atoms with van der Waals surface area (Å²) in [6, 6.07) is 2.93. The zero-order valence-corrected chi connectivity index (χ0v) is 18.7. The van der Waals surface area contributed by atoms with E-state index in [4.69, 9.17) is 19.7 Å². The molecule has 1 N–H and O–H groups in total. The summed E-state index contributed by atoms with van der Waals surface area (Å²) in [6.07, 6.45) is 1.14. The molecule has 1 rings (SSSR count). The minimum atomic E-state index is -0.866. The van der Waals surface area contributed by atoms with Crippen LogP contribution >= 0.6 is 0 Å². The second-order valence-electron chi connectivity index (χ2n) is 7.97. The highest BCUT2D eigenvalue weighted by atomic mass is 16.6. The highest BCUT2D eigenvalue weighted by molar-refractivity contribution is 5.81. The van der Waals surface area contributed by atoms with Crippen LogP contribution in [0, 0.1) is 13.8 Å². The molecule has 0 aliphatic rings. The Balaban J connectivity index is 2.83. The predicted octanol–water partition coefficient (Wildman–Crippen LogP) is 4.38. The van der Waals surface area contributed by atoms with Crippen molar-refractivity contribution in [1.82, 2.24) is 5.32 Å². The van der Waals surface area contributed by atoms with Crippen molar-refractivity contribution < 1.29 is 23.8 Å². The zero-order chi connectivity index (χ0) is 22.7. The number of benzene rings is 1. The van der Waals surface area contributed by atoms with Crippen LogP contribution in [0.5, 0.6) is 5.75 Å². The van der Waals surface area contributed by atoms with Gasteiger partial charge in [0.1, 0.15) is 17.4 Å². The Bertz CT molecular complexity index is 759. The molecule has 0 aromatic heterocycles. The summed E-state index contributed by atoms with van der Waals surface area (Å²) in [4.78, 5) is 27.1. The average molecular weight is 421 g/mol. The fourth-order valence-corrected chi connectivity index (χ4v) is 2.87. The van der Waals surface area contributed by atoms with Crippen molar-refractivity contribution in [2.75, 3.05) is 20.3 Å². The van der Waals surface area contributed by atoms with Crippen molar-refractivity contribution in [3.8, 4) is 5.75 Å². The first-order valence-electron chi connectivity index (χ1n) is 9.88. The molecule has 0 aliphatic heterocycles. The van der Waals surface area contributed by atoms with Gasteiger partial charge in [0.15, 0.2) is 0 Å². The van der Waals surface area contributed by atoms with Gasteiger partial charge in [-0.05, 0) is 81.8 Å². The molecule has 0 spiro atoms. The number of aryl methyl sites for hydroxylation is 2. The Morgan fingerprint density at radius 3 is 2.37 bits per heavy atom. The summed E-state index contributed by atoms with van der Waals surface area (Å²) in [6.45, 7) is 10.1. The first-order valence-corrected chi connectivity index (χ1v) is 9.88. The smallest absolute Gasteiger partial charge is 0.408 e. The maximum Gasteiger partial charge on any atom is 0.408 e. The number of esters is 1. The van der Waals surface area contributed by atoms with Crippen molar-refractivity contribution in [3.05, 3.63) is 39.3 Å². The van der Waals surface area contributed by atoms with E-state index in [-0.39, 0.29) is 6.42 Å². The molecule has 0 unspecified atom stereocenters. The minimum absolute atomic E-state index is 0.274. The molecule has 0 saturated carbocycles. The Morgan fingerprint density at radius 1 is 1.20 bits per heavy atom. The molecule has 166 valence electrons. The molecule has 0 aliphatic carbocycles. The van der Waals surface area contributed by atoms with Crippen LogP contribution in [-0.4, -0.2) is 44.0 Å². The summed E-state index contributed by atoms with van der Waals surface area (Å²) >= 11 is 0. The van der Waals surface area contributed by atoms with Gasteiger partial charge in [0.05, 0.1) is 13.7 Å². The van der Waals surface area contributed by atoms with Crippen LogP contribution < -0.4 is 10.1 Å². The van der Waals surface area contributed by atoms with Crippen LogP contribution in [0.15, 0.2) is 17.2 Å². The number of hydrogen-bond acceptors (Lipinski definition) is 6. The monoisotopic (exact) mass is 420 g/mol. The summed E-state index contributed by atoms with van der Waals surface area (Å²) in [5, 5.41) is 6.09. The van der Waals surface area contributed by atoms with Gasteiger partial charge in [-0.3, -0.25) is 0 Å². The Morgan fingerprint density at radius 2 is 1.83 bits per heavy atom. The molecule has 9 heteroatoms. The van der Waals surface area contributed by atoms with E-state index in [2.05, 4.69) is 15.3 Å². The molecular formula is C21H32N4O5. The van der Waals surface area contributed by atoms with E-state index in [0.717, 1.165) is 35.3 Å². The lowest BCUT2D eigenvalue weighted by Crippen LogP contribution is -2.45. The molecule has 1 aromatic rings. The van der Waals surface area contributed by atoms with Gasteiger partial charge < -0.3 is 19.5 Å². The topological polar surface area (TPSA) is 123 Å². The van der Waals surface area contributed by atoms with Crippen molar-refractivity contribution in [2.45, 2.75) is 65.5 Å². The van der Waals surface area contributed by atoms with Crippen LogP contribution in [0.1, 0.15) is 50.3 Å². The number of carbonyl (C=O) groups is 2. The molecule has 0 bridgehead atoms. The predicted molar refractivity (Wildman–Crippen MR) is 114 cm³/mol. The van der Waals surface area contributed by atoms with Crippen molar-refractivity contribution >= 4 is 12.1 Å². The van der Waals surface area contributed by atoms with Crippen LogP contribution in [0.2, 0.25) is 0 Å². The molecular weight excluding hydrogens is 388 g/mol. The van der Waals surface area contributed by atoms with E-state index in [0.29, 0.717) is 13.2 Å². The number of rotatable bonds is 10. The molecule has 0 heterocycles. The molecule has 1 amide bonds. The number of alkyl carbamates (subject to hydrolysis) is 1. The highest BCUT2D eigenvalue weighted by Gasteiger charge is 2.26. The fourth-order valence-electron chi connectivity index (χ4n) is 2.87. The van der Waals surface area contributed by atoms with Gasteiger partial charge in [-0.1, -0.05) is 5.11 Å². The Labute approximate surface area is 177 Å². The number of nitrogens with zero attached hydrogens (tertiary/aromatic N) is 3. The Kier molecular flexibility index (Phi) is 9.98. The molecule has 30 heavy (non-hydrogen) atoms. The van der Waals surface area contributed by atoms with Crippen molar-refractivity contribution in [3.63, 3.8) is 0 Å². The molecule has 1 aromatic carbocycles. The number of ether oxygens (including phenoxy) is 3. The summed E-state index contributed by atoms with van der Waals surface area (Å²) < 4.78 is 15.9. The SMILES string of the molecule is COC(=O)[C@H](Cc1c(C)cc(OCCCCN=[N+]=[N-])cc1C)NC(=O)OC(C)(C)C. The third kappa shape index (κ3) is 9.05. The first kappa shape index (κ1) is 25.1. The van der Waals surface area contributed by atoms with Gasteiger partial charge in [-0.15, -0.1) is 0 Å². The fraction of sp³-hybridized carbons (Fsp3) is 0.619. The molecule has 1 atom stereocenters. The van der Waals surface area contributed by atoms with Gasteiger partial charge in [0.25, 0.3) is 0 Å². The lowest BCUT2D eigenvalue weighted by molar-refractivity contribution is -0.143. The van der Waals surface area contributed by atoms with Gasteiger partial charge in [-0.25, -0.2) is 9.59 Å². The summed E-state index contributed by atoms with van der Waals surface area (Å²) in [5.41, 5.74) is 10.4. The van der Waals surface area contributed by atoms with E-state index >= 15 is 0 Å². The number of amides is 1. The lowest BCUT2D eigenvalue weighted by Gasteiger charge is -2.23. The van der Waals surface area contributed by atoms with Gasteiger partial charge in [0, 0.05) is 17.9 Å². The number of methoxy groups -OCH3 is 1. The second-order valence-corrected chi connectivity index (χ2v) is 7.97. The quantitative estimate of drug-likeness (QED) is 0.198. The van der Waals surface area contributed by atoms with Crippen LogP contribution in [0.3, 0.4) is 0 Å².